The van der Waals surface area contributed by atoms with Crippen LogP contribution in [0.1, 0.15) is 15.8 Å². The van der Waals surface area contributed by atoms with Crippen LogP contribution in [-0.2, 0) is 0 Å². The van der Waals surface area contributed by atoms with Gasteiger partial charge in [-0.25, -0.2) is 0 Å². The van der Waals surface area contributed by atoms with E-state index in [9.17, 15) is 0 Å². The second-order valence-electron chi connectivity index (χ2n) is 3.83. The Morgan fingerprint density at radius 2 is 1.78 bits per heavy atom. The van der Waals surface area contributed by atoms with E-state index in [1.807, 2.05) is 12.1 Å². The monoisotopic (exact) mass is 332 g/mol. The average Bonchev–Trinajstić information content (AvgIpc) is 2.92. The first-order valence-corrected chi connectivity index (χ1v) is 8.10. The van der Waals surface area contributed by atoms with Gasteiger partial charge in [-0.1, -0.05) is 29.3 Å². The van der Waals surface area contributed by atoms with Crippen LogP contribution in [0.2, 0.25) is 10.0 Å². The molecule has 3 aromatic rings. The third kappa shape index (κ3) is 2.28. The van der Waals surface area contributed by atoms with Gasteiger partial charge in [0.1, 0.15) is 0 Å². The van der Waals surface area contributed by atoms with Crippen LogP contribution in [0.4, 0.5) is 0 Å². The predicted molar refractivity (Wildman–Crippen MR) is 83.9 cm³/mol. The molecular formula is C13H7Cl3S2. The van der Waals surface area contributed by atoms with Crippen LogP contribution in [0.15, 0.2) is 35.7 Å². The quantitative estimate of drug-likeness (QED) is 0.463. The summed E-state index contributed by atoms with van der Waals surface area (Å²) in [5.74, 6) is 0. The number of alkyl halides is 1. The van der Waals surface area contributed by atoms with Crippen LogP contribution in [0, 0.1) is 0 Å². The van der Waals surface area contributed by atoms with E-state index in [0.29, 0.717) is 10.0 Å². The van der Waals surface area contributed by atoms with Gasteiger partial charge in [-0.3, -0.25) is 0 Å². The van der Waals surface area contributed by atoms with Gasteiger partial charge >= 0.3 is 0 Å². The van der Waals surface area contributed by atoms with Crippen molar-refractivity contribution in [2.75, 3.05) is 0 Å². The van der Waals surface area contributed by atoms with E-state index < -0.39 is 0 Å². The minimum atomic E-state index is -0.177. The zero-order valence-electron chi connectivity index (χ0n) is 8.99. The first-order chi connectivity index (χ1) is 8.65. The van der Waals surface area contributed by atoms with E-state index in [-0.39, 0.29) is 5.38 Å². The van der Waals surface area contributed by atoms with Crippen LogP contribution < -0.4 is 0 Å². The summed E-state index contributed by atoms with van der Waals surface area (Å²) in [6.45, 7) is 0. The fourth-order valence-corrected chi connectivity index (χ4v) is 4.51. The summed E-state index contributed by atoms with van der Waals surface area (Å²) in [4.78, 5) is 1.14. The Bertz CT molecular complexity index is 671. The second kappa shape index (κ2) is 5.03. The van der Waals surface area contributed by atoms with Gasteiger partial charge < -0.3 is 0 Å². The summed E-state index contributed by atoms with van der Waals surface area (Å²) in [5, 5.41) is 3.01. The summed E-state index contributed by atoms with van der Waals surface area (Å²) < 4.78 is 2.56. The molecule has 18 heavy (non-hydrogen) atoms. The van der Waals surface area contributed by atoms with Gasteiger partial charge in [0.05, 0.1) is 15.4 Å². The van der Waals surface area contributed by atoms with E-state index >= 15 is 0 Å². The van der Waals surface area contributed by atoms with Crippen LogP contribution in [0.3, 0.4) is 0 Å². The van der Waals surface area contributed by atoms with Crippen molar-refractivity contribution >= 4 is 66.9 Å². The lowest BCUT2D eigenvalue weighted by molar-refractivity contribution is 1.19. The lowest BCUT2D eigenvalue weighted by Crippen LogP contribution is -1.89. The van der Waals surface area contributed by atoms with E-state index in [0.717, 1.165) is 10.4 Å². The molecule has 5 heteroatoms. The van der Waals surface area contributed by atoms with E-state index in [1.54, 1.807) is 28.7 Å². The van der Waals surface area contributed by atoms with Crippen LogP contribution in [0.25, 0.3) is 9.40 Å². The molecule has 0 fully saturated rings. The van der Waals surface area contributed by atoms with Crippen molar-refractivity contribution in [1.82, 2.24) is 0 Å². The third-order valence-electron chi connectivity index (χ3n) is 2.64. The smallest absolute Gasteiger partial charge is 0.0929 e. The Morgan fingerprint density at radius 1 is 0.944 bits per heavy atom. The molecule has 3 rings (SSSR count). The maximum atomic E-state index is 6.50. The van der Waals surface area contributed by atoms with Gasteiger partial charge in [-0.15, -0.1) is 34.3 Å². The summed E-state index contributed by atoms with van der Waals surface area (Å²) in [6, 6.07) is 9.79. The molecule has 0 aliphatic carbocycles. The Hall–Kier alpha value is -0.250. The highest BCUT2D eigenvalue weighted by molar-refractivity contribution is 7.27. The SMILES string of the molecule is Clc1ccc(C(Cl)c2cc3sccc3s2)cc1Cl. The summed E-state index contributed by atoms with van der Waals surface area (Å²) >= 11 is 21.9. The molecule has 1 atom stereocenters. The molecule has 2 aromatic heterocycles. The highest BCUT2D eigenvalue weighted by Gasteiger charge is 2.15. The highest BCUT2D eigenvalue weighted by atomic mass is 35.5. The van der Waals surface area contributed by atoms with Crippen molar-refractivity contribution in [2.45, 2.75) is 5.38 Å². The Labute approximate surface area is 128 Å². The van der Waals surface area contributed by atoms with E-state index in [2.05, 4.69) is 17.5 Å². The molecule has 0 bridgehead atoms. The van der Waals surface area contributed by atoms with Crippen molar-refractivity contribution in [3.05, 3.63) is 56.2 Å². The topological polar surface area (TPSA) is 0 Å². The molecule has 92 valence electrons. The fourth-order valence-electron chi connectivity index (χ4n) is 1.74. The highest BCUT2D eigenvalue weighted by Crippen LogP contribution is 2.40. The fraction of sp³-hybridized carbons (Fsp3) is 0.0769. The minimum Gasteiger partial charge on any atom is -0.143 e. The van der Waals surface area contributed by atoms with Gasteiger partial charge in [-0.05, 0) is 35.2 Å². The first-order valence-electron chi connectivity index (χ1n) is 5.21. The van der Waals surface area contributed by atoms with Gasteiger partial charge in [0, 0.05) is 14.3 Å². The summed E-state index contributed by atoms with van der Waals surface area (Å²) in [5.41, 5.74) is 0.972. The number of hydrogen-bond acceptors (Lipinski definition) is 2. The number of halogens is 3. The van der Waals surface area contributed by atoms with Gasteiger partial charge in [0.25, 0.3) is 0 Å². The van der Waals surface area contributed by atoms with Crippen molar-refractivity contribution in [3.8, 4) is 0 Å². The van der Waals surface area contributed by atoms with Gasteiger partial charge in [0.2, 0.25) is 0 Å². The molecule has 0 radical (unpaired) electrons. The maximum Gasteiger partial charge on any atom is 0.0929 e. The normalized spacial score (nSPS) is 13.1. The van der Waals surface area contributed by atoms with Crippen LogP contribution in [0.5, 0.6) is 0 Å². The lowest BCUT2D eigenvalue weighted by Gasteiger charge is -2.08. The molecule has 0 spiro atoms. The Kier molecular flexibility index (Phi) is 3.57. The number of rotatable bonds is 2. The molecule has 1 unspecified atom stereocenters. The zero-order chi connectivity index (χ0) is 12.7. The summed E-state index contributed by atoms with van der Waals surface area (Å²) in [7, 11) is 0. The molecule has 2 heterocycles. The average molecular weight is 334 g/mol. The standard InChI is InChI=1S/C13H7Cl3S2/c14-8-2-1-7(5-9(8)15)13(16)12-6-11-10(18-12)3-4-17-11/h1-6,13H. The molecule has 0 N–H and O–H groups in total. The molecule has 0 amide bonds. The molecule has 0 aliphatic heterocycles. The zero-order valence-corrected chi connectivity index (χ0v) is 12.9. The largest absolute Gasteiger partial charge is 0.143 e. The number of thiophene rings is 2. The Morgan fingerprint density at radius 3 is 2.50 bits per heavy atom. The van der Waals surface area contributed by atoms with E-state index in [4.69, 9.17) is 34.8 Å². The van der Waals surface area contributed by atoms with Crippen molar-refractivity contribution < 1.29 is 0 Å². The molecule has 0 nitrogen and oxygen atoms in total. The van der Waals surface area contributed by atoms with Crippen molar-refractivity contribution in [3.63, 3.8) is 0 Å². The maximum absolute atomic E-state index is 6.50. The first kappa shape index (κ1) is 12.8. The van der Waals surface area contributed by atoms with Crippen molar-refractivity contribution in [2.24, 2.45) is 0 Å². The molecule has 0 saturated heterocycles. The van der Waals surface area contributed by atoms with Crippen LogP contribution in [-0.4, -0.2) is 0 Å². The Balaban J connectivity index is 2.00. The van der Waals surface area contributed by atoms with E-state index in [1.165, 1.54) is 9.40 Å². The predicted octanol–water partition coefficient (Wildman–Crippen LogP) is 6.60. The number of benzene rings is 1. The molecule has 0 saturated carbocycles. The second-order valence-corrected chi connectivity index (χ2v) is 7.15. The third-order valence-corrected chi connectivity index (χ3v) is 6.16. The van der Waals surface area contributed by atoms with Crippen LogP contribution >= 0.6 is 57.5 Å². The van der Waals surface area contributed by atoms with Crippen molar-refractivity contribution in [1.29, 1.82) is 0 Å². The molecule has 1 aromatic carbocycles. The molecule has 0 aliphatic rings. The minimum absolute atomic E-state index is 0.177. The summed E-state index contributed by atoms with van der Waals surface area (Å²) in [6.07, 6.45) is 0. The number of fused-ring (bicyclic) bond motifs is 1. The number of hydrogen-bond donors (Lipinski definition) is 0. The lowest BCUT2D eigenvalue weighted by atomic mass is 10.1. The van der Waals surface area contributed by atoms with Gasteiger partial charge in [-0.2, -0.15) is 0 Å². The van der Waals surface area contributed by atoms with Gasteiger partial charge in [0.15, 0.2) is 0 Å². The molecular weight excluding hydrogens is 327 g/mol.